The highest BCUT2D eigenvalue weighted by atomic mass is 32.1. The van der Waals surface area contributed by atoms with E-state index in [1.54, 1.807) is 29.9 Å². The molecular formula is C20H17N3O2S. The minimum Gasteiger partial charge on any atom is -0.459 e. The minimum atomic E-state index is -0.632. The van der Waals surface area contributed by atoms with Gasteiger partial charge in [-0.25, -0.2) is 9.48 Å². The zero-order chi connectivity index (χ0) is 18.5. The summed E-state index contributed by atoms with van der Waals surface area (Å²) < 4.78 is 6.88. The molecule has 0 radical (unpaired) electrons. The first-order chi connectivity index (χ1) is 12.6. The lowest BCUT2D eigenvalue weighted by atomic mass is 10.1. The number of thiophene rings is 1. The molecule has 2 heterocycles. The van der Waals surface area contributed by atoms with Gasteiger partial charge in [-0.05, 0) is 43.5 Å². The van der Waals surface area contributed by atoms with Gasteiger partial charge in [-0.15, -0.1) is 11.3 Å². The van der Waals surface area contributed by atoms with Crippen molar-refractivity contribution in [1.29, 1.82) is 5.26 Å². The predicted octanol–water partition coefficient (Wildman–Crippen LogP) is 4.46. The second kappa shape index (κ2) is 7.81. The Kier molecular flexibility index (Phi) is 5.30. The molecule has 130 valence electrons. The first kappa shape index (κ1) is 17.6. The van der Waals surface area contributed by atoms with E-state index in [-0.39, 0.29) is 11.7 Å². The fraction of sp³-hybridized carbons (Fsp3) is 0.150. The van der Waals surface area contributed by atoms with Gasteiger partial charge in [0.25, 0.3) is 0 Å². The summed E-state index contributed by atoms with van der Waals surface area (Å²) in [5.74, 6) is -0.632. The van der Waals surface area contributed by atoms with Gasteiger partial charge in [0.05, 0.1) is 16.7 Å². The summed E-state index contributed by atoms with van der Waals surface area (Å²) in [7, 11) is 0. The highest BCUT2D eigenvalue weighted by Crippen LogP contribution is 2.29. The molecule has 0 fully saturated rings. The largest absolute Gasteiger partial charge is 0.459 e. The van der Waals surface area contributed by atoms with Gasteiger partial charge in [0.1, 0.15) is 17.3 Å². The number of para-hydroxylation sites is 1. The average Bonchev–Trinajstić information content (AvgIpc) is 3.29. The van der Waals surface area contributed by atoms with Crippen LogP contribution in [0.4, 0.5) is 0 Å². The molecule has 5 nitrogen and oxygen atoms in total. The molecule has 0 spiro atoms. The molecule has 0 aliphatic rings. The van der Waals surface area contributed by atoms with Crippen molar-refractivity contribution >= 4 is 23.4 Å². The topological polar surface area (TPSA) is 67.9 Å². The molecule has 0 saturated carbocycles. The van der Waals surface area contributed by atoms with Crippen molar-refractivity contribution in [1.82, 2.24) is 9.78 Å². The molecule has 3 aromatic rings. The predicted molar refractivity (Wildman–Crippen MR) is 102 cm³/mol. The van der Waals surface area contributed by atoms with E-state index in [2.05, 4.69) is 5.10 Å². The fourth-order valence-electron chi connectivity index (χ4n) is 2.38. The Morgan fingerprint density at radius 2 is 2.04 bits per heavy atom. The van der Waals surface area contributed by atoms with Gasteiger partial charge in [-0.2, -0.15) is 10.4 Å². The van der Waals surface area contributed by atoms with Gasteiger partial charge in [0.15, 0.2) is 0 Å². The first-order valence-corrected chi connectivity index (χ1v) is 8.98. The van der Waals surface area contributed by atoms with Crippen LogP contribution in [0.25, 0.3) is 22.3 Å². The molecule has 0 saturated heterocycles. The SMILES string of the molecule is CC(C)OC(=O)C(C#N)=Cc1cn(-c2ccccc2)nc1-c1cccs1. The maximum Gasteiger partial charge on any atom is 0.349 e. The number of rotatable bonds is 5. The molecule has 0 atom stereocenters. The molecule has 6 heteroatoms. The van der Waals surface area contributed by atoms with Crippen LogP contribution in [0, 0.1) is 11.3 Å². The smallest absolute Gasteiger partial charge is 0.349 e. The Labute approximate surface area is 155 Å². The zero-order valence-electron chi connectivity index (χ0n) is 14.4. The normalized spacial score (nSPS) is 11.4. The molecule has 2 aromatic heterocycles. The van der Waals surface area contributed by atoms with Crippen LogP contribution >= 0.6 is 11.3 Å². The fourth-order valence-corrected chi connectivity index (χ4v) is 3.11. The van der Waals surface area contributed by atoms with Gasteiger partial charge >= 0.3 is 5.97 Å². The number of nitrogens with zero attached hydrogens (tertiary/aromatic N) is 3. The van der Waals surface area contributed by atoms with Crippen LogP contribution in [-0.4, -0.2) is 21.9 Å². The monoisotopic (exact) mass is 363 g/mol. The Hall–Kier alpha value is -3.17. The van der Waals surface area contributed by atoms with Crippen molar-refractivity contribution in [2.75, 3.05) is 0 Å². The summed E-state index contributed by atoms with van der Waals surface area (Å²) in [6.07, 6.45) is 3.06. The summed E-state index contributed by atoms with van der Waals surface area (Å²) in [5.41, 5.74) is 2.25. The molecule has 0 bridgehead atoms. The van der Waals surface area contributed by atoms with Crippen LogP contribution in [0.3, 0.4) is 0 Å². The molecular weight excluding hydrogens is 346 g/mol. The van der Waals surface area contributed by atoms with Crippen LogP contribution < -0.4 is 0 Å². The molecule has 0 aliphatic carbocycles. The molecule has 0 amide bonds. The summed E-state index contributed by atoms with van der Waals surface area (Å²) in [4.78, 5) is 13.1. The van der Waals surface area contributed by atoms with E-state index in [9.17, 15) is 10.1 Å². The molecule has 0 unspecified atom stereocenters. The second-order valence-corrected chi connectivity index (χ2v) is 6.76. The van der Waals surface area contributed by atoms with E-state index in [1.165, 1.54) is 6.08 Å². The lowest BCUT2D eigenvalue weighted by Gasteiger charge is -2.06. The lowest BCUT2D eigenvalue weighted by Crippen LogP contribution is -2.12. The number of benzene rings is 1. The highest BCUT2D eigenvalue weighted by molar-refractivity contribution is 7.13. The molecule has 0 N–H and O–H groups in total. The first-order valence-electron chi connectivity index (χ1n) is 8.10. The molecule has 1 aromatic carbocycles. The zero-order valence-corrected chi connectivity index (χ0v) is 15.2. The van der Waals surface area contributed by atoms with Crippen molar-refractivity contribution in [3.05, 3.63) is 65.2 Å². The summed E-state index contributed by atoms with van der Waals surface area (Å²) in [5, 5.41) is 16.0. The van der Waals surface area contributed by atoms with Gasteiger partial charge in [0.2, 0.25) is 0 Å². The van der Waals surface area contributed by atoms with Gasteiger partial charge in [-0.1, -0.05) is 24.3 Å². The standard InChI is InChI=1S/C20H17N3O2S/c1-14(2)25-20(24)15(12-21)11-16-13-23(17-7-4-3-5-8-17)22-19(16)18-9-6-10-26-18/h3-11,13-14H,1-2H3. The number of esters is 1. The molecule has 3 rings (SSSR count). The van der Waals surface area contributed by atoms with E-state index >= 15 is 0 Å². The number of carbonyl (C=O) groups excluding carboxylic acids is 1. The minimum absolute atomic E-state index is 0.0517. The lowest BCUT2D eigenvalue weighted by molar-refractivity contribution is -0.142. The van der Waals surface area contributed by atoms with Crippen LogP contribution in [0.2, 0.25) is 0 Å². The van der Waals surface area contributed by atoms with Crippen molar-refractivity contribution in [3.63, 3.8) is 0 Å². The second-order valence-electron chi connectivity index (χ2n) is 5.81. The van der Waals surface area contributed by atoms with Crippen molar-refractivity contribution < 1.29 is 9.53 Å². The maximum atomic E-state index is 12.1. The van der Waals surface area contributed by atoms with E-state index in [0.29, 0.717) is 11.3 Å². The number of ether oxygens (including phenoxy) is 1. The summed E-state index contributed by atoms with van der Waals surface area (Å²) in [6.45, 7) is 3.49. The van der Waals surface area contributed by atoms with Gasteiger partial charge < -0.3 is 4.74 Å². The van der Waals surface area contributed by atoms with E-state index < -0.39 is 5.97 Å². The Morgan fingerprint density at radius 3 is 2.65 bits per heavy atom. The Balaban J connectivity index is 2.08. The van der Waals surface area contributed by atoms with E-state index in [1.807, 2.05) is 60.1 Å². The van der Waals surface area contributed by atoms with Crippen molar-refractivity contribution in [3.8, 4) is 22.3 Å². The quantitative estimate of drug-likeness (QED) is 0.381. The molecule has 0 aliphatic heterocycles. The number of carbonyl (C=O) groups is 1. The Morgan fingerprint density at radius 1 is 1.27 bits per heavy atom. The maximum absolute atomic E-state index is 12.1. The van der Waals surface area contributed by atoms with Gasteiger partial charge in [0, 0.05) is 11.8 Å². The van der Waals surface area contributed by atoms with Gasteiger partial charge in [-0.3, -0.25) is 0 Å². The summed E-state index contributed by atoms with van der Waals surface area (Å²) >= 11 is 1.55. The van der Waals surface area contributed by atoms with E-state index in [4.69, 9.17) is 4.74 Å². The van der Waals surface area contributed by atoms with Crippen molar-refractivity contribution in [2.24, 2.45) is 0 Å². The number of aromatic nitrogens is 2. The van der Waals surface area contributed by atoms with Crippen LogP contribution in [-0.2, 0) is 9.53 Å². The average molecular weight is 363 g/mol. The van der Waals surface area contributed by atoms with E-state index in [0.717, 1.165) is 10.6 Å². The number of nitriles is 1. The Bertz CT molecular complexity index is 964. The summed E-state index contributed by atoms with van der Waals surface area (Å²) in [6, 6.07) is 15.5. The number of hydrogen-bond acceptors (Lipinski definition) is 5. The third kappa shape index (κ3) is 3.90. The highest BCUT2D eigenvalue weighted by Gasteiger charge is 2.17. The third-order valence-corrected chi connectivity index (χ3v) is 4.38. The third-order valence-electron chi connectivity index (χ3n) is 3.50. The van der Waals surface area contributed by atoms with Crippen LogP contribution in [0.15, 0.2) is 59.6 Å². The van der Waals surface area contributed by atoms with Crippen LogP contribution in [0.5, 0.6) is 0 Å². The number of hydrogen-bond donors (Lipinski definition) is 0. The van der Waals surface area contributed by atoms with Crippen molar-refractivity contribution in [2.45, 2.75) is 20.0 Å². The van der Waals surface area contributed by atoms with Crippen LogP contribution in [0.1, 0.15) is 19.4 Å². The molecule has 26 heavy (non-hydrogen) atoms.